The van der Waals surface area contributed by atoms with Gasteiger partial charge in [0.2, 0.25) is 11.8 Å². The Kier molecular flexibility index (Phi) is 4.83. The molecule has 1 amide bonds. The first-order chi connectivity index (χ1) is 11.6. The van der Waals surface area contributed by atoms with Crippen molar-refractivity contribution < 1.29 is 9.32 Å². The zero-order valence-corrected chi connectivity index (χ0v) is 14.5. The highest BCUT2D eigenvalue weighted by Gasteiger charge is 2.22. The molecule has 0 aliphatic carbocycles. The van der Waals surface area contributed by atoms with Crippen LogP contribution in [0.2, 0.25) is 0 Å². The summed E-state index contributed by atoms with van der Waals surface area (Å²) in [5.74, 6) is 1.46. The van der Waals surface area contributed by atoms with Gasteiger partial charge in [-0.1, -0.05) is 18.5 Å². The maximum Gasteiger partial charge on any atom is 0.248 e. The van der Waals surface area contributed by atoms with E-state index >= 15 is 0 Å². The lowest BCUT2D eigenvalue weighted by molar-refractivity contribution is -0.116. The summed E-state index contributed by atoms with van der Waals surface area (Å²) in [6.45, 7) is 6.52. The maximum atomic E-state index is 11.6. The molecular formula is C18H24N4O2. The van der Waals surface area contributed by atoms with Crippen molar-refractivity contribution in [1.82, 2.24) is 10.1 Å². The highest BCUT2D eigenvalue weighted by Crippen LogP contribution is 2.31. The van der Waals surface area contributed by atoms with Gasteiger partial charge in [0, 0.05) is 31.3 Å². The van der Waals surface area contributed by atoms with E-state index in [-0.39, 0.29) is 11.9 Å². The average Bonchev–Trinajstić information content (AvgIpc) is 3.19. The predicted octanol–water partition coefficient (Wildman–Crippen LogP) is 3.49. The Bertz CT molecular complexity index is 726. The first-order valence-corrected chi connectivity index (χ1v) is 8.58. The Balaban J connectivity index is 1.68. The third kappa shape index (κ3) is 3.42. The van der Waals surface area contributed by atoms with Crippen molar-refractivity contribution in [3.8, 4) is 0 Å². The summed E-state index contributed by atoms with van der Waals surface area (Å²) in [5, 5.41) is 7.43. The molecule has 1 aromatic heterocycles. The standard InChI is InChI=1S/C18H24N4O2/c1-4-5-6-17-20-18(24-21-17)12(2)19-15-7-8-16-14(11-15)9-10-22(16)13(3)23/h7-8,11-12,19H,4-6,9-10H2,1-3H3. The van der Waals surface area contributed by atoms with E-state index in [2.05, 4.69) is 28.4 Å². The first-order valence-electron chi connectivity index (χ1n) is 8.58. The molecule has 0 spiro atoms. The second-order valence-corrected chi connectivity index (χ2v) is 6.28. The van der Waals surface area contributed by atoms with E-state index in [1.165, 1.54) is 5.56 Å². The minimum atomic E-state index is -0.0590. The quantitative estimate of drug-likeness (QED) is 0.879. The molecule has 6 nitrogen and oxygen atoms in total. The van der Waals surface area contributed by atoms with Gasteiger partial charge in [0.25, 0.3) is 0 Å². The van der Waals surface area contributed by atoms with Crippen LogP contribution in [0.5, 0.6) is 0 Å². The van der Waals surface area contributed by atoms with Crippen LogP contribution in [0, 0.1) is 0 Å². The molecule has 1 N–H and O–H groups in total. The van der Waals surface area contributed by atoms with Gasteiger partial charge in [-0.25, -0.2) is 0 Å². The van der Waals surface area contributed by atoms with Crippen LogP contribution in [0.3, 0.4) is 0 Å². The average molecular weight is 328 g/mol. The molecule has 0 bridgehead atoms. The van der Waals surface area contributed by atoms with E-state index in [1.807, 2.05) is 24.0 Å². The zero-order valence-electron chi connectivity index (χ0n) is 14.5. The van der Waals surface area contributed by atoms with Crippen LogP contribution >= 0.6 is 0 Å². The number of hydrogen-bond acceptors (Lipinski definition) is 5. The number of aromatic nitrogens is 2. The molecule has 1 aromatic carbocycles. The summed E-state index contributed by atoms with van der Waals surface area (Å²) in [6, 6.07) is 6.03. The number of nitrogens with one attached hydrogen (secondary N) is 1. The lowest BCUT2D eigenvalue weighted by atomic mass is 10.1. The lowest BCUT2D eigenvalue weighted by Gasteiger charge is -2.16. The summed E-state index contributed by atoms with van der Waals surface area (Å²) in [7, 11) is 0. The largest absolute Gasteiger partial charge is 0.374 e. The summed E-state index contributed by atoms with van der Waals surface area (Å²) < 4.78 is 5.36. The molecule has 0 saturated heterocycles. The molecule has 2 heterocycles. The number of unbranched alkanes of at least 4 members (excludes halogenated alkanes) is 1. The van der Waals surface area contributed by atoms with E-state index in [4.69, 9.17) is 4.52 Å². The molecular weight excluding hydrogens is 304 g/mol. The van der Waals surface area contributed by atoms with Gasteiger partial charge in [-0.3, -0.25) is 4.79 Å². The van der Waals surface area contributed by atoms with E-state index in [9.17, 15) is 4.79 Å². The molecule has 1 aliphatic heterocycles. The highest BCUT2D eigenvalue weighted by molar-refractivity contribution is 5.94. The normalized spacial score (nSPS) is 14.5. The topological polar surface area (TPSA) is 71.3 Å². The van der Waals surface area contributed by atoms with Crippen molar-refractivity contribution in [2.45, 2.75) is 52.5 Å². The zero-order chi connectivity index (χ0) is 17.1. The first kappa shape index (κ1) is 16.5. The van der Waals surface area contributed by atoms with Gasteiger partial charge in [0.15, 0.2) is 5.82 Å². The van der Waals surface area contributed by atoms with E-state index < -0.39 is 0 Å². The Morgan fingerprint density at radius 2 is 2.29 bits per heavy atom. The fourth-order valence-electron chi connectivity index (χ4n) is 3.01. The van der Waals surface area contributed by atoms with Crippen LogP contribution in [-0.4, -0.2) is 22.6 Å². The molecule has 24 heavy (non-hydrogen) atoms. The fraction of sp³-hybridized carbons (Fsp3) is 0.500. The van der Waals surface area contributed by atoms with Crippen molar-refractivity contribution >= 4 is 17.3 Å². The number of benzene rings is 1. The van der Waals surface area contributed by atoms with Crippen molar-refractivity contribution in [2.24, 2.45) is 0 Å². The predicted molar refractivity (Wildman–Crippen MR) is 93.1 cm³/mol. The second-order valence-electron chi connectivity index (χ2n) is 6.28. The van der Waals surface area contributed by atoms with Gasteiger partial charge < -0.3 is 14.7 Å². The number of nitrogens with zero attached hydrogens (tertiary/aromatic N) is 3. The van der Waals surface area contributed by atoms with Crippen molar-refractivity contribution in [3.63, 3.8) is 0 Å². The van der Waals surface area contributed by atoms with Gasteiger partial charge in [0.1, 0.15) is 6.04 Å². The molecule has 2 aromatic rings. The second kappa shape index (κ2) is 7.03. The van der Waals surface area contributed by atoms with Gasteiger partial charge >= 0.3 is 0 Å². The number of amides is 1. The molecule has 0 fully saturated rings. The Morgan fingerprint density at radius 1 is 1.46 bits per heavy atom. The van der Waals surface area contributed by atoms with Gasteiger partial charge in [-0.2, -0.15) is 4.98 Å². The maximum absolute atomic E-state index is 11.6. The van der Waals surface area contributed by atoms with E-state index in [1.54, 1.807) is 6.92 Å². The van der Waals surface area contributed by atoms with Crippen molar-refractivity contribution in [3.05, 3.63) is 35.5 Å². The number of carbonyl (C=O) groups excluding carboxylic acids is 1. The summed E-state index contributed by atoms with van der Waals surface area (Å²) in [5.41, 5.74) is 3.21. The molecule has 128 valence electrons. The molecule has 0 radical (unpaired) electrons. The smallest absolute Gasteiger partial charge is 0.248 e. The molecule has 1 atom stereocenters. The molecule has 6 heteroatoms. The van der Waals surface area contributed by atoms with Crippen LogP contribution in [-0.2, 0) is 17.6 Å². The number of carbonyl (C=O) groups is 1. The van der Waals surface area contributed by atoms with Crippen LogP contribution < -0.4 is 10.2 Å². The van der Waals surface area contributed by atoms with Crippen LogP contribution in [0.25, 0.3) is 0 Å². The monoisotopic (exact) mass is 328 g/mol. The van der Waals surface area contributed by atoms with Crippen LogP contribution in [0.1, 0.15) is 56.9 Å². The molecule has 0 saturated carbocycles. The summed E-state index contributed by atoms with van der Waals surface area (Å²) in [6.07, 6.45) is 3.93. The minimum absolute atomic E-state index is 0.0590. The molecule has 3 rings (SSSR count). The lowest BCUT2D eigenvalue weighted by Crippen LogP contribution is -2.25. The highest BCUT2D eigenvalue weighted by atomic mass is 16.5. The SMILES string of the molecule is CCCCc1noc(C(C)Nc2ccc3c(c2)CCN3C(C)=O)n1. The minimum Gasteiger partial charge on any atom is -0.374 e. The number of rotatable bonds is 6. The Hall–Kier alpha value is -2.37. The summed E-state index contributed by atoms with van der Waals surface area (Å²) in [4.78, 5) is 17.9. The van der Waals surface area contributed by atoms with E-state index in [0.29, 0.717) is 5.89 Å². The Labute approximate surface area is 142 Å². The third-order valence-corrected chi connectivity index (χ3v) is 4.35. The molecule has 1 aliphatic rings. The van der Waals surface area contributed by atoms with Crippen LogP contribution in [0.15, 0.2) is 22.7 Å². The van der Waals surface area contributed by atoms with Crippen molar-refractivity contribution in [2.75, 3.05) is 16.8 Å². The molecule has 1 unspecified atom stereocenters. The summed E-state index contributed by atoms with van der Waals surface area (Å²) >= 11 is 0. The number of fused-ring (bicyclic) bond motifs is 1. The third-order valence-electron chi connectivity index (χ3n) is 4.35. The fourth-order valence-corrected chi connectivity index (χ4v) is 3.01. The number of aryl methyl sites for hydroxylation is 1. The Morgan fingerprint density at radius 3 is 3.04 bits per heavy atom. The van der Waals surface area contributed by atoms with Gasteiger partial charge in [-0.05, 0) is 43.5 Å². The van der Waals surface area contributed by atoms with Crippen LogP contribution in [0.4, 0.5) is 11.4 Å². The van der Waals surface area contributed by atoms with Crippen molar-refractivity contribution in [1.29, 1.82) is 0 Å². The van der Waals surface area contributed by atoms with E-state index in [0.717, 1.165) is 49.4 Å². The van der Waals surface area contributed by atoms with Gasteiger partial charge in [-0.15, -0.1) is 0 Å². The number of hydrogen-bond donors (Lipinski definition) is 1. The number of anilines is 2. The van der Waals surface area contributed by atoms with Gasteiger partial charge in [0.05, 0.1) is 0 Å².